The lowest BCUT2D eigenvalue weighted by molar-refractivity contribution is -0.116. The third-order valence-electron chi connectivity index (χ3n) is 3.27. The second-order valence-electron chi connectivity index (χ2n) is 4.68. The summed E-state index contributed by atoms with van der Waals surface area (Å²) >= 11 is 0. The highest BCUT2D eigenvalue weighted by Gasteiger charge is 2.35. The number of aliphatic hydroxyl groups is 2. The summed E-state index contributed by atoms with van der Waals surface area (Å²) in [5.74, 6) is 0.325. The number of aliphatic hydroxyl groups excluding tert-OH is 2. The molecule has 6 heteroatoms. The fourth-order valence-corrected chi connectivity index (χ4v) is 2.29. The van der Waals surface area contributed by atoms with E-state index < -0.39 is 12.2 Å². The minimum absolute atomic E-state index is 0.162. The first kappa shape index (κ1) is 15.8. The zero-order valence-corrected chi connectivity index (χ0v) is 11.1. The first-order chi connectivity index (χ1) is 8.69. The number of methoxy groups -OCH3 is 2. The van der Waals surface area contributed by atoms with Crippen LogP contribution in [0.1, 0.15) is 12.8 Å². The molecule has 1 saturated carbocycles. The molecule has 4 unspecified atom stereocenters. The van der Waals surface area contributed by atoms with E-state index in [9.17, 15) is 10.2 Å². The molecule has 1 aliphatic carbocycles. The Bertz CT molecular complexity index is 191. The van der Waals surface area contributed by atoms with Gasteiger partial charge < -0.3 is 29.2 Å². The van der Waals surface area contributed by atoms with Gasteiger partial charge in [-0.15, -0.1) is 0 Å². The van der Waals surface area contributed by atoms with Crippen molar-refractivity contribution in [2.75, 3.05) is 41.0 Å². The van der Waals surface area contributed by atoms with Crippen LogP contribution in [0.2, 0.25) is 0 Å². The molecule has 0 amide bonds. The van der Waals surface area contributed by atoms with Gasteiger partial charge in [-0.1, -0.05) is 0 Å². The van der Waals surface area contributed by atoms with Crippen LogP contribution in [0.25, 0.3) is 0 Å². The van der Waals surface area contributed by atoms with Crippen LogP contribution in [-0.2, 0) is 18.9 Å². The van der Waals surface area contributed by atoms with Crippen LogP contribution >= 0.6 is 0 Å². The van der Waals surface area contributed by atoms with Gasteiger partial charge >= 0.3 is 0 Å². The quantitative estimate of drug-likeness (QED) is 0.474. The summed E-state index contributed by atoms with van der Waals surface area (Å²) < 4.78 is 20.3. The van der Waals surface area contributed by atoms with E-state index in [1.165, 1.54) is 0 Å². The molecular formula is C12H24O6. The Morgan fingerprint density at radius 2 is 1.22 bits per heavy atom. The molecule has 1 fully saturated rings. The van der Waals surface area contributed by atoms with Gasteiger partial charge in [0.25, 0.3) is 0 Å². The zero-order chi connectivity index (χ0) is 13.4. The zero-order valence-electron chi connectivity index (χ0n) is 11.1. The number of hydrogen-bond acceptors (Lipinski definition) is 6. The standard InChI is InChI=1S/C12H24O6/c1-15-7-17-5-9-3-11(13)12(14)4-10(9)6-18-8-16-2/h9-14H,3-8H2,1-2H3. The Balaban J connectivity index is 2.40. The minimum Gasteiger partial charge on any atom is -0.390 e. The molecule has 108 valence electrons. The molecule has 0 aromatic rings. The molecule has 0 aromatic carbocycles. The van der Waals surface area contributed by atoms with Gasteiger partial charge in [0.2, 0.25) is 0 Å². The van der Waals surface area contributed by atoms with Crippen molar-refractivity contribution in [1.82, 2.24) is 0 Å². The van der Waals surface area contributed by atoms with Gasteiger partial charge in [0.1, 0.15) is 13.6 Å². The minimum atomic E-state index is -0.681. The molecular weight excluding hydrogens is 240 g/mol. The van der Waals surface area contributed by atoms with E-state index in [2.05, 4.69) is 0 Å². The molecule has 4 atom stereocenters. The second kappa shape index (κ2) is 8.79. The van der Waals surface area contributed by atoms with Crippen molar-refractivity contribution in [1.29, 1.82) is 0 Å². The van der Waals surface area contributed by atoms with Crippen LogP contribution in [0.4, 0.5) is 0 Å². The van der Waals surface area contributed by atoms with Crippen molar-refractivity contribution in [2.24, 2.45) is 11.8 Å². The summed E-state index contributed by atoms with van der Waals surface area (Å²) in [7, 11) is 3.14. The predicted octanol–water partition coefficient (Wildman–Crippen LogP) is -0.0246. The van der Waals surface area contributed by atoms with E-state index >= 15 is 0 Å². The topological polar surface area (TPSA) is 77.4 Å². The maximum Gasteiger partial charge on any atom is 0.146 e. The molecule has 0 spiro atoms. The van der Waals surface area contributed by atoms with Gasteiger partial charge in [-0.25, -0.2) is 0 Å². The highest BCUT2D eigenvalue weighted by Crippen LogP contribution is 2.31. The molecule has 0 saturated heterocycles. The molecule has 1 aliphatic rings. The van der Waals surface area contributed by atoms with Crippen LogP contribution in [-0.4, -0.2) is 63.4 Å². The maximum absolute atomic E-state index is 9.69. The van der Waals surface area contributed by atoms with Crippen LogP contribution in [0, 0.1) is 11.8 Å². The van der Waals surface area contributed by atoms with E-state index in [0.717, 1.165) is 0 Å². The fourth-order valence-electron chi connectivity index (χ4n) is 2.29. The van der Waals surface area contributed by atoms with Gasteiger partial charge in [-0.2, -0.15) is 0 Å². The van der Waals surface area contributed by atoms with Crippen molar-refractivity contribution in [2.45, 2.75) is 25.0 Å². The van der Waals surface area contributed by atoms with Crippen molar-refractivity contribution in [3.05, 3.63) is 0 Å². The lowest BCUT2D eigenvalue weighted by Crippen LogP contribution is -2.42. The van der Waals surface area contributed by atoms with E-state index in [-0.39, 0.29) is 25.4 Å². The Hall–Kier alpha value is -0.240. The van der Waals surface area contributed by atoms with Crippen LogP contribution in [0.15, 0.2) is 0 Å². The largest absolute Gasteiger partial charge is 0.390 e. The van der Waals surface area contributed by atoms with Gasteiger partial charge in [0, 0.05) is 14.2 Å². The van der Waals surface area contributed by atoms with Crippen molar-refractivity contribution >= 4 is 0 Å². The van der Waals surface area contributed by atoms with E-state index in [0.29, 0.717) is 26.1 Å². The Morgan fingerprint density at radius 1 is 0.833 bits per heavy atom. The Morgan fingerprint density at radius 3 is 1.56 bits per heavy atom. The van der Waals surface area contributed by atoms with Crippen molar-refractivity contribution in [3.8, 4) is 0 Å². The van der Waals surface area contributed by atoms with Gasteiger partial charge in [-0.3, -0.25) is 0 Å². The molecule has 0 aromatic heterocycles. The van der Waals surface area contributed by atoms with Crippen LogP contribution in [0.5, 0.6) is 0 Å². The van der Waals surface area contributed by atoms with Gasteiger partial charge in [0.15, 0.2) is 0 Å². The molecule has 18 heavy (non-hydrogen) atoms. The normalized spacial score (nSPS) is 32.7. The molecule has 6 nitrogen and oxygen atoms in total. The fraction of sp³-hybridized carbons (Fsp3) is 1.00. The molecule has 0 radical (unpaired) electrons. The van der Waals surface area contributed by atoms with E-state index in [1.807, 2.05) is 0 Å². The van der Waals surface area contributed by atoms with Crippen molar-refractivity contribution < 1.29 is 29.2 Å². The predicted molar refractivity (Wildman–Crippen MR) is 63.9 cm³/mol. The maximum atomic E-state index is 9.69. The van der Waals surface area contributed by atoms with Gasteiger partial charge in [-0.05, 0) is 24.7 Å². The number of hydrogen-bond donors (Lipinski definition) is 2. The summed E-state index contributed by atoms with van der Waals surface area (Å²) in [5, 5.41) is 19.4. The smallest absolute Gasteiger partial charge is 0.146 e. The molecule has 0 bridgehead atoms. The average molecular weight is 264 g/mol. The molecule has 1 rings (SSSR count). The summed E-state index contributed by atoms with van der Waals surface area (Å²) in [6, 6.07) is 0. The lowest BCUT2D eigenvalue weighted by Gasteiger charge is -2.36. The van der Waals surface area contributed by atoms with Gasteiger partial charge in [0.05, 0.1) is 25.4 Å². The Labute approximate surface area is 108 Å². The highest BCUT2D eigenvalue weighted by molar-refractivity contribution is 4.85. The summed E-state index contributed by atoms with van der Waals surface area (Å²) in [5.41, 5.74) is 0. The molecule has 0 aliphatic heterocycles. The van der Waals surface area contributed by atoms with Crippen LogP contribution in [0.3, 0.4) is 0 Å². The average Bonchev–Trinajstić information content (AvgIpc) is 2.35. The summed E-state index contributed by atoms with van der Waals surface area (Å²) in [6.07, 6.45) is -0.322. The van der Waals surface area contributed by atoms with Crippen molar-refractivity contribution in [3.63, 3.8) is 0 Å². The summed E-state index contributed by atoms with van der Waals surface area (Å²) in [4.78, 5) is 0. The monoisotopic (exact) mass is 264 g/mol. The molecule has 2 N–H and O–H groups in total. The first-order valence-electron chi connectivity index (χ1n) is 6.18. The highest BCUT2D eigenvalue weighted by atomic mass is 16.7. The lowest BCUT2D eigenvalue weighted by atomic mass is 9.77. The van der Waals surface area contributed by atoms with E-state index in [4.69, 9.17) is 18.9 Å². The third kappa shape index (κ3) is 5.17. The SMILES string of the molecule is COCOCC1CC(O)C(O)CC1COCOC. The number of ether oxygens (including phenoxy) is 4. The summed E-state index contributed by atoms with van der Waals surface area (Å²) in [6.45, 7) is 1.47. The van der Waals surface area contributed by atoms with Crippen LogP contribution < -0.4 is 0 Å². The van der Waals surface area contributed by atoms with E-state index in [1.54, 1.807) is 14.2 Å². The second-order valence-corrected chi connectivity index (χ2v) is 4.68. The third-order valence-corrected chi connectivity index (χ3v) is 3.27. The molecule has 0 heterocycles. The first-order valence-corrected chi connectivity index (χ1v) is 6.18. The Kier molecular flexibility index (Phi) is 7.73. The number of rotatable bonds is 8.